The largest absolute Gasteiger partial charge is 0.314 e. The number of hydrogen-bond donors (Lipinski definition) is 1. The minimum absolute atomic E-state index is 0.585. The molecule has 1 aliphatic carbocycles. The predicted octanol–water partition coefficient (Wildman–Crippen LogP) is 3.03. The van der Waals surface area contributed by atoms with E-state index in [1.54, 1.807) is 0 Å². The van der Waals surface area contributed by atoms with E-state index < -0.39 is 0 Å². The zero-order valence-corrected chi connectivity index (χ0v) is 12.0. The molecule has 1 heterocycles. The van der Waals surface area contributed by atoms with Gasteiger partial charge in [-0.15, -0.1) is 0 Å². The zero-order valence-electron chi connectivity index (χ0n) is 12.0. The number of nitrogens with zero attached hydrogens (tertiary/aromatic N) is 1. The van der Waals surface area contributed by atoms with Gasteiger partial charge in [-0.05, 0) is 57.2 Å². The number of likely N-dealkylation sites (tertiary alicyclic amines) is 1. The summed E-state index contributed by atoms with van der Waals surface area (Å²) in [5.41, 5.74) is 0.585. The lowest BCUT2D eigenvalue weighted by Gasteiger charge is -2.44. The maximum absolute atomic E-state index is 3.60. The van der Waals surface area contributed by atoms with E-state index in [0.29, 0.717) is 5.41 Å². The number of hydrogen-bond acceptors (Lipinski definition) is 2. The summed E-state index contributed by atoms with van der Waals surface area (Å²) in [5, 5.41) is 3.60. The third-order valence-electron chi connectivity index (χ3n) is 4.72. The Morgan fingerprint density at radius 1 is 1.18 bits per heavy atom. The first-order valence-corrected chi connectivity index (χ1v) is 7.58. The molecule has 0 aromatic heterocycles. The molecule has 0 bridgehead atoms. The van der Waals surface area contributed by atoms with Crippen LogP contribution in [0.4, 0.5) is 0 Å². The molecule has 2 heteroatoms. The molecule has 2 fully saturated rings. The molecule has 1 unspecified atom stereocenters. The van der Waals surface area contributed by atoms with Crippen LogP contribution in [0.3, 0.4) is 0 Å². The first-order valence-electron chi connectivity index (χ1n) is 7.58. The van der Waals surface area contributed by atoms with Crippen molar-refractivity contribution in [3.63, 3.8) is 0 Å². The van der Waals surface area contributed by atoms with Gasteiger partial charge in [0.2, 0.25) is 0 Å². The fourth-order valence-corrected chi connectivity index (χ4v) is 3.73. The monoisotopic (exact) mass is 238 g/mol. The third kappa shape index (κ3) is 3.69. The van der Waals surface area contributed by atoms with Gasteiger partial charge in [0.05, 0.1) is 0 Å². The molecule has 0 aromatic rings. The van der Waals surface area contributed by atoms with Crippen LogP contribution in [0.5, 0.6) is 0 Å². The fourth-order valence-electron chi connectivity index (χ4n) is 3.73. The van der Waals surface area contributed by atoms with Crippen LogP contribution in [0.1, 0.15) is 59.3 Å². The van der Waals surface area contributed by atoms with Crippen LogP contribution < -0.4 is 5.32 Å². The Morgan fingerprint density at radius 2 is 1.88 bits per heavy atom. The number of rotatable bonds is 3. The van der Waals surface area contributed by atoms with Crippen molar-refractivity contribution >= 4 is 0 Å². The van der Waals surface area contributed by atoms with Crippen LogP contribution in [0, 0.1) is 5.41 Å². The minimum atomic E-state index is 0.585. The summed E-state index contributed by atoms with van der Waals surface area (Å²) < 4.78 is 0. The lowest BCUT2D eigenvalue weighted by molar-refractivity contribution is 0.0714. The second kappa shape index (κ2) is 5.71. The molecule has 1 aliphatic heterocycles. The van der Waals surface area contributed by atoms with Crippen molar-refractivity contribution in [1.29, 1.82) is 0 Å². The number of nitrogens with one attached hydrogen (secondary N) is 1. The standard InChI is InChI=1S/C15H30N2/c1-4-16-13-7-10-17(11-8-13)14-6-5-9-15(2,3)12-14/h13-14,16H,4-12H2,1-3H3. The molecule has 2 rings (SSSR count). The SMILES string of the molecule is CCNC1CCN(C2CCCC(C)(C)C2)CC1. The van der Waals surface area contributed by atoms with E-state index in [1.165, 1.54) is 51.6 Å². The highest BCUT2D eigenvalue weighted by molar-refractivity contribution is 4.88. The van der Waals surface area contributed by atoms with Gasteiger partial charge in [0.15, 0.2) is 0 Å². The Bertz CT molecular complexity index is 229. The molecule has 0 spiro atoms. The van der Waals surface area contributed by atoms with E-state index in [9.17, 15) is 0 Å². The fraction of sp³-hybridized carbons (Fsp3) is 1.00. The van der Waals surface area contributed by atoms with Crippen LogP contribution in [0.2, 0.25) is 0 Å². The Labute approximate surface area is 107 Å². The summed E-state index contributed by atoms with van der Waals surface area (Å²) in [6.45, 7) is 10.9. The van der Waals surface area contributed by atoms with Crippen LogP contribution >= 0.6 is 0 Å². The highest BCUT2D eigenvalue weighted by atomic mass is 15.2. The molecule has 0 amide bonds. The van der Waals surface area contributed by atoms with Crippen molar-refractivity contribution in [2.45, 2.75) is 71.4 Å². The van der Waals surface area contributed by atoms with Crippen molar-refractivity contribution in [2.24, 2.45) is 5.41 Å². The van der Waals surface area contributed by atoms with Gasteiger partial charge in [-0.1, -0.05) is 27.2 Å². The molecule has 0 radical (unpaired) electrons. The molecule has 1 saturated heterocycles. The third-order valence-corrected chi connectivity index (χ3v) is 4.72. The van der Waals surface area contributed by atoms with Crippen molar-refractivity contribution in [2.75, 3.05) is 19.6 Å². The van der Waals surface area contributed by atoms with Crippen LogP contribution in [0.15, 0.2) is 0 Å². The summed E-state index contributed by atoms with van der Waals surface area (Å²) in [6, 6.07) is 1.66. The summed E-state index contributed by atoms with van der Waals surface area (Å²) in [7, 11) is 0. The zero-order chi connectivity index (χ0) is 12.3. The normalized spacial score (nSPS) is 31.6. The van der Waals surface area contributed by atoms with Crippen molar-refractivity contribution < 1.29 is 0 Å². The molecule has 0 aromatic carbocycles. The Balaban J connectivity index is 1.80. The Kier molecular flexibility index (Phi) is 4.48. The first-order chi connectivity index (χ1) is 8.11. The van der Waals surface area contributed by atoms with Gasteiger partial charge in [-0.3, -0.25) is 0 Å². The number of piperidine rings is 1. The molecular weight excluding hydrogens is 208 g/mol. The van der Waals surface area contributed by atoms with Crippen LogP contribution in [-0.2, 0) is 0 Å². The van der Waals surface area contributed by atoms with Crippen LogP contribution in [0.25, 0.3) is 0 Å². The van der Waals surface area contributed by atoms with Crippen LogP contribution in [-0.4, -0.2) is 36.6 Å². The minimum Gasteiger partial charge on any atom is -0.314 e. The molecule has 1 saturated carbocycles. The van der Waals surface area contributed by atoms with E-state index in [4.69, 9.17) is 0 Å². The maximum atomic E-state index is 3.60. The Morgan fingerprint density at radius 3 is 2.47 bits per heavy atom. The lowest BCUT2D eigenvalue weighted by Crippen LogP contribution is -2.48. The average molecular weight is 238 g/mol. The Hall–Kier alpha value is -0.0800. The second-order valence-corrected chi connectivity index (χ2v) is 6.78. The van der Waals surface area contributed by atoms with Gasteiger partial charge in [0.25, 0.3) is 0 Å². The molecule has 100 valence electrons. The van der Waals surface area contributed by atoms with E-state index >= 15 is 0 Å². The topological polar surface area (TPSA) is 15.3 Å². The summed E-state index contributed by atoms with van der Waals surface area (Å²) in [6.07, 6.45) is 8.42. The first kappa shape index (κ1) is 13.4. The van der Waals surface area contributed by atoms with Gasteiger partial charge >= 0.3 is 0 Å². The molecule has 2 aliphatic rings. The molecule has 1 atom stereocenters. The molecular formula is C15H30N2. The molecule has 2 nitrogen and oxygen atoms in total. The van der Waals surface area contributed by atoms with Crippen molar-refractivity contribution in [3.8, 4) is 0 Å². The highest BCUT2D eigenvalue weighted by Crippen LogP contribution is 2.37. The van der Waals surface area contributed by atoms with Gasteiger partial charge < -0.3 is 10.2 Å². The highest BCUT2D eigenvalue weighted by Gasteiger charge is 2.32. The average Bonchev–Trinajstić information content (AvgIpc) is 2.29. The quantitative estimate of drug-likeness (QED) is 0.813. The summed E-state index contributed by atoms with van der Waals surface area (Å²) in [5.74, 6) is 0. The van der Waals surface area contributed by atoms with E-state index in [0.717, 1.165) is 18.6 Å². The van der Waals surface area contributed by atoms with Gasteiger partial charge in [0.1, 0.15) is 0 Å². The second-order valence-electron chi connectivity index (χ2n) is 6.78. The lowest BCUT2D eigenvalue weighted by atomic mass is 9.74. The maximum Gasteiger partial charge on any atom is 0.0100 e. The molecule has 1 N–H and O–H groups in total. The molecule has 17 heavy (non-hydrogen) atoms. The van der Waals surface area contributed by atoms with Gasteiger partial charge in [-0.2, -0.15) is 0 Å². The van der Waals surface area contributed by atoms with E-state index in [1.807, 2.05) is 0 Å². The van der Waals surface area contributed by atoms with E-state index in [-0.39, 0.29) is 0 Å². The summed E-state index contributed by atoms with van der Waals surface area (Å²) in [4.78, 5) is 2.77. The van der Waals surface area contributed by atoms with Gasteiger partial charge in [0, 0.05) is 12.1 Å². The predicted molar refractivity (Wildman–Crippen MR) is 74.3 cm³/mol. The smallest absolute Gasteiger partial charge is 0.0100 e. The summed E-state index contributed by atoms with van der Waals surface area (Å²) >= 11 is 0. The van der Waals surface area contributed by atoms with E-state index in [2.05, 4.69) is 31.0 Å². The van der Waals surface area contributed by atoms with Crippen molar-refractivity contribution in [3.05, 3.63) is 0 Å². The van der Waals surface area contributed by atoms with Gasteiger partial charge in [-0.25, -0.2) is 0 Å². The van der Waals surface area contributed by atoms with Crippen molar-refractivity contribution in [1.82, 2.24) is 10.2 Å².